The first-order valence-corrected chi connectivity index (χ1v) is 7.60. The zero-order valence-corrected chi connectivity index (χ0v) is 13.4. The average Bonchev–Trinajstić information content (AvgIpc) is 2.65. The summed E-state index contributed by atoms with van der Waals surface area (Å²) in [6.07, 6.45) is 0.594. The van der Waals surface area contributed by atoms with Gasteiger partial charge in [0.25, 0.3) is 0 Å². The molecule has 0 saturated heterocycles. The van der Waals surface area contributed by atoms with Crippen molar-refractivity contribution >= 4 is 5.78 Å². The third kappa shape index (κ3) is 5.60. The summed E-state index contributed by atoms with van der Waals surface area (Å²) < 4.78 is 0. The van der Waals surface area contributed by atoms with Gasteiger partial charge in [-0.05, 0) is 6.42 Å². The van der Waals surface area contributed by atoms with Crippen molar-refractivity contribution in [2.75, 3.05) is 19.8 Å². The van der Waals surface area contributed by atoms with E-state index in [1.165, 1.54) is 0 Å². The molecular formula is C19H24O4. The van der Waals surface area contributed by atoms with Crippen molar-refractivity contribution in [3.8, 4) is 0 Å². The zero-order valence-electron chi connectivity index (χ0n) is 13.4. The van der Waals surface area contributed by atoms with Gasteiger partial charge in [0.15, 0.2) is 5.78 Å². The smallest absolute Gasteiger partial charge is 0.193 e. The molecule has 0 spiro atoms. The van der Waals surface area contributed by atoms with E-state index in [1.54, 1.807) is 0 Å². The van der Waals surface area contributed by atoms with E-state index in [1.807, 2.05) is 67.6 Å². The molecule has 0 heterocycles. The van der Waals surface area contributed by atoms with Gasteiger partial charge in [-0.15, -0.1) is 0 Å². The van der Waals surface area contributed by atoms with Crippen molar-refractivity contribution in [3.05, 3.63) is 71.8 Å². The number of hydrogen-bond acceptors (Lipinski definition) is 4. The van der Waals surface area contributed by atoms with Gasteiger partial charge < -0.3 is 15.3 Å². The molecule has 2 rings (SSSR count). The predicted octanol–water partition coefficient (Wildman–Crippen LogP) is 2.28. The SMILES string of the molecule is CCC(CO)(CO)CO.O=C(c1ccccc1)c1ccccc1. The Kier molecular flexibility index (Phi) is 8.19. The van der Waals surface area contributed by atoms with Crippen molar-refractivity contribution in [1.82, 2.24) is 0 Å². The highest BCUT2D eigenvalue weighted by Crippen LogP contribution is 2.18. The largest absolute Gasteiger partial charge is 0.396 e. The van der Waals surface area contributed by atoms with Gasteiger partial charge in [0, 0.05) is 16.5 Å². The van der Waals surface area contributed by atoms with Crippen LogP contribution in [-0.4, -0.2) is 40.9 Å². The Hall–Kier alpha value is -2.01. The van der Waals surface area contributed by atoms with Crippen LogP contribution in [0.15, 0.2) is 60.7 Å². The Morgan fingerprint density at radius 1 is 0.783 bits per heavy atom. The lowest BCUT2D eigenvalue weighted by Crippen LogP contribution is -2.32. The molecule has 4 heteroatoms. The third-order valence-corrected chi connectivity index (χ3v) is 3.83. The summed E-state index contributed by atoms with van der Waals surface area (Å²) in [5.74, 6) is 0.0752. The van der Waals surface area contributed by atoms with Crippen LogP contribution in [0.5, 0.6) is 0 Å². The second-order valence-corrected chi connectivity index (χ2v) is 5.39. The van der Waals surface area contributed by atoms with Crippen molar-refractivity contribution in [2.24, 2.45) is 5.41 Å². The molecule has 2 aromatic carbocycles. The number of hydrogen-bond donors (Lipinski definition) is 3. The summed E-state index contributed by atoms with van der Waals surface area (Å²) in [6, 6.07) is 18.6. The number of aliphatic hydroxyl groups excluding tert-OH is 3. The highest BCUT2D eigenvalue weighted by Gasteiger charge is 2.24. The Bertz CT molecular complexity index is 503. The molecule has 2 aromatic rings. The minimum Gasteiger partial charge on any atom is -0.396 e. The maximum absolute atomic E-state index is 11.8. The van der Waals surface area contributed by atoms with Gasteiger partial charge in [0.2, 0.25) is 0 Å². The van der Waals surface area contributed by atoms with Crippen molar-refractivity contribution in [2.45, 2.75) is 13.3 Å². The molecular weight excluding hydrogens is 292 g/mol. The topological polar surface area (TPSA) is 77.8 Å². The Morgan fingerprint density at radius 2 is 1.13 bits per heavy atom. The molecule has 0 aromatic heterocycles. The number of ketones is 1. The summed E-state index contributed by atoms with van der Waals surface area (Å²) in [4.78, 5) is 11.8. The predicted molar refractivity (Wildman–Crippen MR) is 90.3 cm³/mol. The molecule has 0 aliphatic carbocycles. The van der Waals surface area contributed by atoms with Crippen LogP contribution in [-0.2, 0) is 0 Å². The maximum atomic E-state index is 11.8. The van der Waals surface area contributed by atoms with Crippen LogP contribution in [0.2, 0.25) is 0 Å². The second kappa shape index (κ2) is 9.90. The summed E-state index contributed by atoms with van der Waals surface area (Å²) in [6.45, 7) is 1.35. The standard InChI is InChI=1S/C13H10O.C6H14O3/c14-13(11-7-3-1-4-8-11)12-9-5-2-6-10-12;1-2-6(3-7,4-8)5-9/h1-10H;7-9H,2-5H2,1H3. The molecule has 0 aliphatic heterocycles. The fourth-order valence-electron chi connectivity index (χ4n) is 1.83. The minimum absolute atomic E-state index is 0.0752. The molecule has 0 fully saturated rings. The van der Waals surface area contributed by atoms with Gasteiger partial charge in [0.05, 0.1) is 19.8 Å². The first kappa shape index (κ1) is 19.0. The molecule has 0 unspecified atom stereocenters. The van der Waals surface area contributed by atoms with Crippen molar-refractivity contribution in [1.29, 1.82) is 0 Å². The van der Waals surface area contributed by atoms with Crippen LogP contribution in [0.25, 0.3) is 0 Å². The quantitative estimate of drug-likeness (QED) is 0.715. The fraction of sp³-hybridized carbons (Fsp3) is 0.316. The van der Waals surface area contributed by atoms with E-state index in [9.17, 15) is 4.79 Å². The highest BCUT2D eigenvalue weighted by molar-refractivity contribution is 6.08. The van der Waals surface area contributed by atoms with Gasteiger partial charge in [-0.3, -0.25) is 4.79 Å². The van der Waals surface area contributed by atoms with Crippen LogP contribution in [0.4, 0.5) is 0 Å². The van der Waals surface area contributed by atoms with Gasteiger partial charge in [-0.2, -0.15) is 0 Å². The van der Waals surface area contributed by atoms with Crippen LogP contribution in [0.1, 0.15) is 29.3 Å². The average molecular weight is 316 g/mol. The minimum atomic E-state index is -0.667. The van der Waals surface area contributed by atoms with Crippen molar-refractivity contribution < 1.29 is 20.1 Å². The molecule has 124 valence electrons. The number of rotatable bonds is 6. The van der Waals surface area contributed by atoms with E-state index in [-0.39, 0.29) is 25.6 Å². The summed E-state index contributed by atoms with van der Waals surface area (Å²) in [5, 5.41) is 26.0. The molecule has 3 N–H and O–H groups in total. The van der Waals surface area contributed by atoms with Crippen LogP contribution in [0, 0.1) is 5.41 Å². The maximum Gasteiger partial charge on any atom is 0.193 e. The molecule has 0 amide bonds. The zero-order chi connectivity index (χ0) is 17.1. The van der Waals surface area contributed by atoms with Gasteiger partial charge >= 0.3 is 0 Å². The van der Waals surface area contributed by atoms with E-state index in [2.05, 4.69) is 0 Å². The van der Waals surface area contributed by atoms with Gasteiger partial charge in [-0.25, -0.2) is 0 Å². The fourth-order valence-corrected chi connectivity index (χ4v) is 1.83. The molecule has 0 bridgehead atoms. The lowest BCUT2D eigenvalue weighted by atomic mass is 9.88. The number of benzene rings is 2. The Labute approximate surface area is 137 Å². The van der Waals surface area contributed by atoms with E-state index < -0.39 is 5.41 Å². The summed E-state index contributed by atoms with van der Waals surface area (Å²) >= 11 is 0. The molecule has 0 atom stereocenters. The van der Waals surface area contributed by atoms with Crippen molar-refractivity contribution in [3.63, 3.8) is 0 Å². The van der Waals surface area contributed by atoms with E-state index >= 15 is 0 Å². The van der Waals surface area contributed by atoms with Gasteiger partial charge in [-0.1, -0.05) is 67.6 Å². The highest BCUT2D eigenvalue weighted by atomic mass is 16.3. The number of carbonyl (C=O) groups excluding carboxylic acids is 1. The Morgan fingerprint density at radius 3 is 1.35 bits per heavy atom. The van der Waals surface area contributed by atoms with E-state index in [4.69, 9.17) is 15.3 Å². The molecule has 0 aliphatic rings. The first-order chi connectivity index (χ1) is 11.1. The first-order valence-electron chi connectivity index (χ1n) is 7.60. The molecule has 23 heavy (non-hydrogen) atoms. The van der Waals surface area contributed by atoms with E-state index in [0.717, 1.165) is 11.1 Å². The summed E-state index contributed by atoms with van der Waals surface area (Å²) in [5.41, 5.74) is 0.803. The molecule has 0 saturated carbocycles. The number of carbonyl (C=O) groups is 1. The normalized spacial score (nSPS) is 10.6. The third-order valence-electron chi connectivity index (χ3n) is 3.83. The summed E-state index contributed by atoms with van der Waals surface area (Å²) in [7, 11) is 0. The monoisotopic (exact) mass is 316 g/mol. The van der Waals surface area contributed by atoms with Crippen LogP contribution >= 0.6 is 0 Å². The Balaban J connectivity index is 0.000000257. The lowest BCUT2D eigenvalue weighted by molar-refractivity contribution is 0.00304. The van der Waals surface area contributed by atoms with Crippen LogP contribution in [0.3, 0.4) is 0 Å². The van der Waals surface area contributed by atoms with E-state index in [0.29, 0.717) is 6.42 Å². The molecule has 0 radical (unpaired) electrons. The lowest BCUT2D eigenvalue weighted by Gasteiger charge is -2.24. The number of aliphatic hydroxyl groups is 3. The van der Waals surface area contributed by atoms with Crippen LogP contribution < -0.4 is 0 Å². The second-order valence-electron chi connectivity index (χ2n) is 5.39. The molecule has 4 nitrogen and oxygen atoms in total. The van der Waals surface area contributed by atoms with Gasteiger partial charge in [0.1, 0.15) is 0 Å².